The van der Waals surface area contributed by atoms with E-state index >= 15 is 0 Å². The van der Waals surface area contributed by atoms with Gasteiger partial charge in [0, 0.05) is 17.5 Å². The van der Waals surface area contributed by atoms with Crippen LogP contribution in [-0.4, -0.2) is 30.8 Å². The SMILES string of the molecule is CCNC(=O)c1[nH]c2ncc(NS(=O)(=O)c3ccc(C(C)(C)C)cc3)cc2c1-c1ccccc1. The largest absolute Gasteiger partial charge is 0.351 e. The first-order valence-corrected chi connectivity index (χ1v) is 12.6. The van der Waals surface area contributed by atoms with Crippen LogP contribution in [0, 0.1) is 0 Å². The molecule has 0 radical (unpaired) electrons. The van der Waals surface area contributed by atoms with Crippen molar-refractivity contribution in [2.24, 2.45) is 0 Å². The average Bonchev–Trinajstić information content (AvgIpc) is 3.18. The number of sulfonamides is 1. The third-order valence-corrected chi connectivity index (χ3v) is 6.96. The third-order valence-electron chi connectivity index (χ3n) is 5.56. The summed E-state index contributed by atoms with van der Waals surface area (Å²) in [6, 6.07) is 18.0. The molecule has 4 rings (SSSR count). The molecule has 2 aromatic carbocycles. The topological polar surface area (TPSA) is 104 Å². The van der Waals surface area contributed by atoms with Crippen LogP contribution in [0.4, 0.5) is 5.69 Å². The Labute approximate surface area is 199 Å². The predicted octanol–water partition coefficient (Wildman–Crippen LogP) is 5.08. The molecule has 0 atom stereocenters. The van der Waals surface area contributed by atoms with Crippen molar-refractivity contribution in [3.8, 4) is 11.1 Å². The van der Waals surface area contributed by atoms with Crippen molar-refractivity contribution in [2.45, 2.75) is 38.0 Å². The smallest absolute Gasteiger partial charge is 0.268 e. The molecule has 2 heterocycles. The van der Waals surface area contributed by atoms with E-state index in [-0.39, 0.29) is 16.2 Å². The fraction of sp³-hybridized carbons (Fsp3) is 0.231. The Balaban J connectivity index is 1.75. The number of aromatic nitrogens is 2. The van der Waals surface area contributed by atoms with Gasteiger partial charge in [-0.25, -0.2) is 13.4 Å². The number of carbonyl (C=O) groups is 1. The van der Waals surface area contributed by atoms with Gasteiger partial charge in [-0.05, 0) is 41.7 Å². The van der Waals surface area contributed by atoms with Crippen LogP contribution in [0.5, 0.6) is 0 Å². The van der Waals surface area contributed by atoms with Gasteiger partial charge in [0.1, 0.15) is 11.3 Å². The number of hydrogen-bond acceptors (Lipinski definition) is 4. The second kappa shape index (κ2) is 8.95. The molecule has 0 saturated heterocycles. The maximum atomic E-state index is 13.0. The number of amides is 1. The number of rotatable bonds is 6. The Hall–Kier alpha value is -3.65. The summed E-state index contributed by atoms with van der Waals surface area (Å²) >= 11 is 0. The van der Waals surface area contributed by atoms with Crippen LogP contribution in [0.15, 0.2) is 71.8 Å². The number of carbonyl (C=O) groups excluding carboxylic acids is 1. The summed E-state index contributed by atoms with van der Waals surface area (Å²) in [5.41, 5.74) is 3.66. The van der Waals surface area contributed by atoms with Gasteiger partial charge in [0.25, 0.3) is 15.9 Å². The van der Waals surface area contributed by atoms with Gasteiger partial charge < -0.3 is 10.3 Å². The molecule has 7 nitrogen and oxygen atoms in total. The Bertz CT molecular complexity index is 1440. The zero-order valence-corrected chi connectivity index (χ0v) is 20.5. The standard InChI is InChI=1S/C26H28N4O3S/c1-5-27-25(31)23-22(17-9-7-6-8-10-17)21-15-19(16-28-24(21)29-23)30-34(32,33)20-13-11-18(12-14-20)26(2,3)4/h6-16,30H,5H2,1-4H3,(H,27,31)(H,28,29). The summed E-state index contributed by atoms with van der Waals surface area (Å²) in [6.07, 6.45) is 1.44. The normalized spacial score (nSPS) is 12.0. The maximum absolute atomic E-state index is 13.0. The lowest BCUT2D eigenvalue weighted by atomic mass is 9.87. The van der Waals surface area contributed by atoms with E-state index in [1.807, 2.05) is 49.4 Å². The van der Waals surface area contributed by atoms with Crippen LogP contribution in [0.2, 0.25) is 0 Å². The summed E-state index contributed by atoms with van der Waals surface area (Å²) in [5.74, 6) is -0.250. The molecule has 0 unspecified atom stereocenters. The zero-order valence-electron chi connectivity index (χ0n) is 19.6. The highest BCUT2D eigenvalue weighted by molar-refractivity contribution is 7.92. The molecule has 4 aromatic rings. The number of anilines is 1. The van der Waals surface area contributed by atoms with Crippen LogP contribution in [0.3, 0.4) is 0 Å². The molecule has 0 spiro atoms. The van der Waals surface area contributed by atoms with E-state index in [2.05, 4.69) is 40.8 Å². The van der Waals surface area contributed by atoms with E-state index in [0.717, 1.165) is 11.1 Å². The second-order valence-corrected chi connectivity index (χ2v) is 10.8. The Kier molecular flexibility index (Phi) is 6.18. The minimum atomic E-state index is -3.82. The van der Waals surface area contributed by atoms with Crippen molar-refractivity contribution < 1.29 is 13.2 Å². The number of nitrogens with one attached hydrogen (secondary N) is 3. The Morgan fingerprint density at radius 3 is 2.32 bits per heavy atom. The fourth-order valence-corrected chi connectivity index (χ4v) is 4.83. The van der Waals surface area contributed by atoms with Gasteiger partial charge in [0.2, 0.25) is 0 Å². The number of benzene rings is 2. The monoisotopic (exact) mass is 476 g/mol. The fourth-order valence-electron chi connectivity index (χ4n) is 3.80. The minimum absolute atomic E-state index is 0.0748. The van der Waals surface area contributed by atoms with Crippen molar-refractivity contribution in [3.63, 3.8) is 0 Å². The zero-order chi connectivity index (χ0) is 24.5. The Morgan fingerprint density at radius 1 is 1.03 bits per heavy atom. The van der Waals surface area contributed by atoms with E-state index in [4.69, 9.17) is 0 Å². The quantitative estimate of drug-likeness (QED) is 0.361. The first kappa shape index (κ1) is 23.5. The highest BCUT2D eigenvalue weighted by atomic mass is 32.2. The molecule has 2 aromatic heterocycles. The first-order chi connectivity index (χ1) is 16.1. The van der Waals surface area contributed by atoms with Crippen LogP contribution < -0.4 is 10.0 Å². The van der Waals surface area contributed by atoms with Gasteiger partial charge in [-0.1, -0.05) is 63.2 Å². The van der Waals surface area contributed by atoms with E-state index < -0.39 is 10.0 Å². The number of hydrogen-bond donors (Lipinski definition) is 3. The lowest BCUT2D eigenvalue weighted by Gasteiger charge is -2.19. The number of pyridine rings is 1. The lowest BCUT2D eigenvalue weighted by Crippen LogP contribution is -2.23. The summed E-state index contributed by atoms with van der Waals surface area (Å²) in [5, 5.41) is 3.46. The van der Waals surface area contributed by atoms with Gasteiger partial charge in [-0.3, -0.25) is 9.52 Å². The molecule has 0 saturated carbocycles. The molecule has 176 valence electrons. The summed E-state index contributed by atoms with van der Waals surface area (Å²) in [7, 11) is -3.82. The van der Waals surface area contributed by atoms with Gasteiger partial charge in [0.05, 0.1) is 16.8 Å². The molecule has 8 heteroatoms. The van der Waals surface area contributed by atoms with Crippen LogP contribution in [0.25, 0.3) is 22.2 Å². The van der Waals surface area contributed by atoms with Gasteiger partial charge in [-0.2, -0.15) is 0 Å². The van der Waals surface area contributed by atoms with Crippen molar-refractivity contribution in [3.05, 3.63) is 78.1 Å². The minimum Gasteiger partial charge on any atom is -0.351 e. The predicted molar refractivity (Wildman–Crippen MR) is 135 cm³/mol. The van der Waals surface area contributed by atoms with Crippen LogP contribution >= 0.6 is 0 Å². The highest BCUT2D eigenvalue weighted by Gasteiger charge is 2.22. The van der Waals surface area contributed by atoms with E-state index in [1.165, 1.54) is 6.20 Å². The van der Waals surface area contributed by atoms with Crippen molar-refractivity contribution >= 4 is 32.7 Å². The van der Waals surface area contributed by atoms with Crippen LogP contribution in [0.1, 0.15) is 43.7 Å². The lowest BCUT2D eigenvalue weighted by molar-refractivity contribution is 0.0952. The molecule has 1 amide bonds. The average molecular weight is 477 g/mol. The van der Waals surface area contributed by atoms with Crippen LogP contribution in [-0.2, 0) is 15.4 Å². The van der Waals surface area contributed by atoms with Crippen molar-refractivity contribution in [1.29, 1.82) is 0 Å². The highest BCUT2D eigenvalue weighted by Crippen LogP contribution is 2.33. The molecular weight excluding hydrogens is 448 g/mol. The molecular formula is C26H28N4O3S. The molecule has 3 N–H and O–H groups in total. The first-order valence-electron chi connectivity index (χ1n) is 11.1. The molecule has 0 aliphatic rings. The maximum Gasteiger partial charge on any atom is 0.268 e. The van der Waals surface area contributed by atoms with Crippen molar-refractivity contribution in [2.75, 3.05) is 11.3 Å². The number of fused-ring (bicyclic) bond motifs is 1. The number of H-pyrrole nitrogens is 1. The van der Waals surface area contributed by atoms with Gasteiger partial charge in [-0.15, -0.1) is 0 Å². The molecule has 34 heavy (non-hydrogen) atoms. The van der Waals surface area contributed by atoms with Gasteiger partial charge >= 0.3 is 0 Å². The molecule has 0 fully saturated rings. The molecule has 0 aliphatic heterocycles. The summed E-state index contributed by atoms with van der Waals surface area (Å²) in [6.45, 7) is 8.56. The van der Waals surface area contributed by atoms with Gasteiger partial charge in [0.15, 0.2) is 0 Å². The third kappa shape index (κ3) is 4.68. The number of aromatic amines is 1. The second-order valence-electron chi connectivity index (χ2n) is 9.10. The molecule has 0 bridgehead atoms. The number of nitrogens with zero attached hydrogens (tertiary/aromatic N) is 1. The van der Waals surface area contributed by atoms with E-state index in [0.29, 0.717) is 34.5 Å². The summed E-state index contributed by atoms with van der Waals surface area (Å²) < 4.78 is 28.7. The Morgan fingerprint density at radius 2 is 1.71 bits per heavy atom. The summed E-state index contributed by atoms with van der Waals surface area (Å²) in [4.78, 5) is 20.4. The van der Waals surface area contributed by atoms with Crippen molar-refractivity contribution in [1.82, 2.24) is 15.3 Å². The van der Waals surface area contributed by atoms with E-state index in [9.17, 15) is 13.2 Å². The van der Waals surface area contributed by atoms with E-state index in [1.54, 1.807) is 18.2 Å². The molecule has 0 aliphatic carbocycles.